The Morgan fingerprint density at radius 1 is 1.40 bits per heavy atom. The van der Waals surface area contributed by atoms with Gasteiger partial charge in [0.25, 0.3) is 0 Å². The van der Waals surface area contributed by atoms with Gasteiger partial charge in [0.1, 0.15) is 11.5 Å². The Bertz CT molecular complexity index is 214. The number of rotatable bonds is 2. The number of hydrogen-bond acceptors (Lipinski definition) is 3. The van der Waals surface area contributed by atoms with Gasteiger partial charge in [0, 0.05) is 6.07 Å². The van der Waals surface area contributed by atoms with Gasteiger partial charge in [-0.2, -0.15) is 0 Å². The molecule has 0 saturated carbocycles. The predicted octanol–water partition coefficient (Wildman–Crippen LogP) is 0.297. The Morgan fingerprint density at radius 2 is 2.20 bits per heavy atom. The lowest BCUT2D eigenvalue weighted by atomic mass is 10.3. The minimum absolute atomic E-state index is 0.111. The zero-order chi connectivity index (χ0) is 7.40. The summed E-state index contributed by atoms with van der Waals surface area (Å²) >= 11 is 0. The van der Waals surface area contributed by atoms with Crippen LogP contribution in [0.15, 0.2) is 24.3 Å². The van der Waals surface area contributed by atoms with Gasteiger partial charge in [0.05, 0.1) is 0 Å². The second-order valence-corrected chi connectivity index (χ2v) is 1.72. The second-order valence-electron chi connectivity index (χ2n) is 1.72. The summed E-state index contributed by atoms with van der Waals surface area (Å²) in [5.74, 6) is 0.516. The fraction of sp³-hybridized carbons (Fsp3) is 0. The van der Waals surface area contributed by atoms with E-state index in [2.05, 4.69) is 4.65 Å². The van der Waals surface area contributed by atoms with Gasteiger partial charge in [-0.1, -0.05) is 6.07 Å². The van der Waals surface area contributed by atoms with Gasteiger partial charge in [0.2, 0.25) is 0 Å². The largest absolute Gasteiger partial charge is 0.569 e. The molecule has 1 aromatic rings. The number of hydrogen-bond donors (Lipinski definition) is 2. The van der Waals surface area contributed by atoms with E-state index in [1.165, 1.54) is 12.1 Å². The predicted molar refractivity (Wildman–Crippen MR) is 36.7 cm³/mol. The van der Waals surface area contributed by atoms with E-state index in [9.17, 15) is 0 Å². The minimum Gasteiger partial charge on any atom is -0.537 e. The Hall–Kier alpha value is -1.16. The van der Waals surface area contributed by atoms with Gasteiger partial charge in [-0.15, -0.1) is 0 Å². The average molecular weight is 137 g/mol. The zero-order valence-electron chi connectivity index (χ0n) is 5.19. The van der Waals surface area contributed by atoms with Crippen LogP contribution in [0.5, 0.6) is 11.5 Å². The molecule has 0 unspecified atom stereocenters. The number of benzene rings is 1. The Kier molecular flexibility index (Phi) is 2.17. The van der Waals surface area contributed by atoms with Gasteiger partial charge in [-0.05, 0) is 12.1 Å². The standard InChI is InChI=1S/C6H6BO3/c8-5-2-1-3-6(4-5)10-7-9/h1-4,8-9H. The molecule has 0 amide bonds. The molecule has 4 heteroatoms. The average Bonchev–Trinajstić information content (AvgIpc) is 1.88. The van der Waals surface area contributed by atoms with Gasteiger partial charge in [-0.3, -0.25) is 0 Å². The van der Waals surface area contributed by atoms with Crippen molar-refractivity contribution in [2.45, 2.75) is 0 Å². The Morgan fingerprint density at radius 3 is 2.80 bits per heavy atom. The molecule has 3 nitrogen and oxygen atoms in total. The van der Waals surface area contributed by atoms with Crippen molar-refractivity contribution in [3.8, 4) is 11.5 Å². The molecule has 2 N–H and O–H groups in total. The third-order valence-electron chi connectivity index (χ3n) is 1.01. The van der Waals surface area contributed by atoms with Crippen molar-refractivity contribution in [1.29, 1.82) is 0 Å². The van der Waals surface area contributed by atoms with Crippen LogP contribution in [0.25, 0.3) is 0 Å². The third-order valence-corrected chi connectivity index (χ3v) is 1.01. The molecule has 0 saturated heterocycles. The highest BCUT2D eigenvalue weighted by Crippen LogP contribution is 2.16. The van der Waals surface area contributed by atoms with E-state index in [-0.39, 0.29) is 5.75 Å². The third kappa shape index (κ3) is 1.67. The van der Waals surface area contributed by atoms with Crippen LogP contribution in [0.4, 0.5) is 0 Å². The monoisotopic (exact) mass is 137 g/mol. The molecule has 0 heterocycles. The summed E-state index contributed by atoms with van der Waals surface area (Å²) in [4.78, 5) is 0. The molecule has 51 valence electrons. The van der Waals surface area contributed by atoms with Gasteiger partial charge in [0.15, 0.2) is 0 Å². The molecular weight excluding hydrogens is 131 g/mol. The van der Waals surface area contributed by atoms with E-state index in [1.54, 1.807) is 12.1 Å². The maximum absolute atomic E-state index is 8.86. The zero-order valence-corrected chi connectivity index (χ0v) is 5.19. The van der Waals surface area contributed by atoms with Crippen LogP contribution in [-0.4, -0.2) is 17.8 Å². The summed E-state index contributed by atoms with van der Waals surface area (Å²) in [7, 11) is 0.564. The molecule has 0 aromatic heterocycles. The molecule has 0 spiro atoms. The Labute approximate surface area is 59.2 Å². The van der Waals surface area contributed by atoms with E-state index in [1.807, 2.05) is 0 Å². The van der Waals surface area contributed by atoms with E-state index in [4.69, 9.17) is 10.1 Å². The molecule has 0 aliphatic heterocycles. The molecule has 0 bridgehead atoms. The highest BCUT2D eigenvalue weighted by atomic mass is 16.5. The Balaban J connectivity index is 2.75. The summed E-state index contributed by atoms with van der Waals surface area (Å²) in [6, 6.07) is 6.15. The van der Waals surface area contributed by atoms with Crippen LogP contribution < -0.4 is 4.65 Å². The lowest BCUT2D eigenvalue weighted by Crippen LogP contribution is -1.98. The fourth-order valence-corrected chi connectivity index (χ4v) is 0.618. The fourth-order valence-electron chi connectivity index (χ4n) is 0.618. The van der Waals surface area contributed by atoms with Crippen LogP contribution in [0.1, 0.15) is 0 Å². The summed E-state index contributed by atoms with van der Waals surface area (Å²) in [6.07, 6.45) is 0. The summed E-state index contributed by atoms with van der Waals surface area (Å²) in [5.41, 5.74) is 0. The first-order valence-electron chi connectivity index (χ1n) is 2.74. The maximum atomic E-state index is 8.86. The SMILES string of the molecule is O[B]Oc1cccc(O)c1. The lowest BCUT2D eigenvalue weighted by molar-refractivity contribution is 0.444. The molecule has 0 atom stereocenters. The van der Waals surface area contributed by atoms with E-state index in [0.717, 1.165) is 0 Å². The molecule has 0 aliphatic carbocycles. The molecule has 10 heavy (non-hydrogen) atoms. The van der Waals surface area contributed by atoms with Crippen LogP contribution in [-0.2, 0) is 0 Å². The molecule has 1 radical (unpaired) electrons. The lowest BCUT2D eigenvalue weighted by Gasteiger charge is -1.99. The van der Waals surface area contributed by atoms with Crippen LogP contribution in [0, 0.1) is 0 Å². The second kappa shape index (κ2) is 3.13. The van der Waals surface area contributed by atoms with Crippen molar-refractivity contribution in [3.63, 3.8) is 0 Å². The smallest absolute Gasteiger partial charge is 0.537 e. The first-order valence-corrected chi connectivity index (χ1v) is 2.74. The number of phenols is 1. The van der Waals surface area contributed by atoms with Crippen molar-refractivity contribution in [2.75, 3.05) is 0 Å². The van der Waals surface area contributed by atoms with Crippen LogP contribution >= 0.6 is 0 Å². The first-order chi connectivity index (χ1) is 4.83. The highest BCUT2D eigenvalue weighted by molar-refractivity contribution is 6.17. The van der Waals surface area contributed by atoms with Crippen LogP contribution in [0.3, 0.4) is 0 Å². The van der Waals surface area contributed by atoms with E-state index in [0.29, 0.717) is 13.4 Å². The van der Waals surface area contributed by atoms with E-state index >= 15 is 0 Å². The van der Waals surface area contributed by atoms with Crippen molar-refractivity contribution in [1.82, 2.24) is 0 Å². The maximum Gasteiger partial charge on any atom is 0.569 e. The van der Waals surface area contributed by atoms with E-state index < -0.39 is 0 Å². The summed E-state index contributed by atoms with van der Waals surface area (Å²) in [5, 5.41) is 17.0. The molecule has 1 rings (SSSR count). The summed E-state index contributed by atoms with van der Waals surface area (Å²) < 4.78 is 4.56. The van der Waals surface area contributed by atoms with Crippen molar-refractivity contribution in [3.05, 3.63) is 24.3 Å². The van der Waals surface area contributed by atoms with Gasteiger partial charge < -0.3 is 14.8 Å². The van der Waals surface area contributed by atoms with Gasteiger partial charge >= 0.3 is 7.69 Å². The molecule has 0 fully saturated rings. The molecule has 1 aromatic carbocycles. The number of phenolic OH excluding ortho intramolecular Hbond substituents is 1. The minimum atomic E-state index is 0.111. The number of aromatic hydroxyl groups is 1. The quantitative estimate of drug-likeness (QED) is 0.576. The summed E-state index contributed by atoms with van der Waals surface area (Å²) in [6.45, 7) is 0. The molecular formula is C6H6BO3. The molecule has 0 aliphatic rings. The normalized spacial score (nSPS) is 8.90. The van der Waals surface area contributed by atoms with Crippen molar-refractivity contribution >= 4 is 7.69 Å². The van der Waals surface area contributed by atoms with Crippen molar-refractivity contribution in [2.24, 2.45) is 0 Å². The highest BCUT2D eigenvalue weighted by Gasteiger charge is 1.93. The van der Waals surface area contributed by atoms with Crippen molar-refractivity contribution < 1.29 is 14.8 Å². The first kappa shape index (κ1) is 6.96. The topological polar surface area (TPSA) is 49.7 Å². The van der Waals surface area contributed by atoms with Crippen LogP contribution in [0.2, 0.25) is 0 Å². The van der Waals surface area contributed by atoms with Gasteiger partial charge in [-0.25, -0.2) is 0 Å².